The number of pyridine rings is 1. The molecule has 4 aromatic heterocycles. The fraction of sp³-hybridized carbons (Fsp3) is 0.462. The zero-order valence-corrected chi connectivity index (χ0v) is 21.9. The van der Waals surface area contributed by atoms with Gasteiger partial charge in [0.25, 0.3) is 5.91 Å². The average Bonchev–Trinajstić information content (AvgIpc) is 3.52. The number of nitrogens with one attached hydrogen (secondary N) is 1. The number of anilines is 1. The molecule has 4 aromatic rings. The molecule has 0 aromatic carbocycles. The van der Waals surface area contributed by atoms with Crippen LogP contribution in [0.4, 0.5) is 5.82 Å². The number of hydrogen-bond acceptors (Lipinski definition) is 9. The number of H-pyrrole nitrogens is 1. The molecule has 10 nitrogen and oxygen atoms in total. The molecular weight excluding hydrogens is 490 g/mol. The summed E-state index contributed by atoms with van der Waals surface area (Å²) >= 11 is 1.77. The SMILES string of the molecule is Cc1c(CN2CCN(C(=O)[C@H](C)O)CC2)sc2c(N3CCOCC3)nc(-c3cnc4[nH]ccc4c3)nc12. The molecule has 11 heteroatoms. The summed E-state index contributed by atoms with van der Waals surface area (Å²) in [6, 6.07) is 4.09. The van der Waals surface area contributed by atoms with Crippen LogP contribution in [0.5, 0.6) is 0 Å². The van der Waals surface area contributed by atoms with Gasteiger partial charge in [0.2, 0.25) is 0 Å². The molecule has 194 valence electrons. The third-order valence-corrected chi connectivity index (χ3v) is 8.49. The lowest BCUT2D eigenvalue weighted by Gasteiger charge is -2.35. The number of rotatable bonds is 5. The minimum atomic E-state index is -0.948. The number of aromatic amines is 1. The number of morpholine rings is 1. The smallest absolute Gasteiger partial charge is 0.251 e. The Kier molecular flexibility index (Phi) is 6.53. The van der Waals surface area contributed by atoms with Crippen molar-refractivity contribution in [1.82, 2.24) is 29.7 Å². The number of thiophene rings is 1. The fourth-order valence-corrected chi connectivity index (χ4v) is 6.35. The number of ether oxygens (including phenoxy) is 1. The van der Waals surface area contributed by atoms with Gasteiger partial charge in [-0.2, -0.15) is 0 Å². The molecule has 2 fully saturated rings. The maximum atomic E-state index is 12.2. The normalized spacial score (nSPS) is 18.1. The lowest BCUT2D eigenvalue weighted by molar-refractivity contribution is -0.141. The van der Waals surface area contributed by atoms with E-state index < -0.39 is 6.10 Å². The van der Waals surface area contributed by atoms with E-state index in [0.717, 1.165) is 65.4 Å². The molecule has 2 saturated heterocycles. The average molecular weight is 522 g/mol. The molecule has 6 rings (SSSR count). The maximum Gasteiger partial charge on any atom is 0.251 e. The van der Waals surface area contributed by atoms with Gasteiger partial charge in [0.1, 0.15) is 11.8 Å². The van der Waals surface area contributed by atoms with Crippen molar-refractivity contribution in [3.63, 3.8) is 0 Å². The Morgan fingerprint density at radius 1 is 1.19 bits per heavy atom. The first-order chi connectivity index (χ1) is 18.0. The van der Waals surface area contributed by atoms with Crippen LogP contribution < -0.4 is 4.90 Å². The number of hydrogen-bond donors (Lipinski definition) is 2. The van der Waals surface area contributed by atoms with Crippen LogP contribution in [0.15, 0.2) is 24.5 Å². The van der Waals surface area contributed by atoms with E-state index in [1.165, 1.54) is 17.4 Å². The summed E-state index contributed by atoms with van der Waals surface area (Å²) in [5.74, 6) is 1.45. The minimum absolute atomic E-state index is 0.192. The Morgan fingerprint density at radius 3 is 2.73 bits per heavy atom. The number of nitrogens with zero attached hydrogens (tertiary/aromatic N) is 6. The lowest BCUT2D eigenvalue weighted by Crippen LogP contribution is -2.50. The van der Waals surface area contributed by atoms with Crippen LogP contribution in [0.3, 0.4) is 0 Å². The van der Waals surface area contributed by atoms with Gasteiger partial charge in [-0.1, -0.05) is 0 Å². The van der Waals surface area contributed by atoms with Gasteiger partial charge in [0.05, 0.1) is 23.4 Å². The van der Waals surface area contributed by atoms with Crippen molar-refractivity contribution < 1.29 is 14.6 Å². The van der Waals surface area contributed by atoms with Crippen LogP contribution in [0, 0.1) is 6.92 Å². The molecule has 0 saturated carbocycles. The van der Waals surface area contributed by atoms with Gasteiger partial charge in [-0.05, 0) is 31.5 Å². The van der Waals surface area contributed by atoms with E-state index in [1.54, 1.807) is 16.2 Å². The van der Waals surface area contributed by atoms with Gasteiger partial charge >= 0.3 is 0 Å². The molecule has 6 heterocycles. The molecule has 1 atom stereocenters. The number of carbonyl (C=O) groups excluding carboxylic acids is 1. The summed E-state index contributed by atoms with van der Waals surface area (Å²) in [4.78, 5) is 37.7. The van der Waals surface area contributed by atoms with Crippen molar-refractivity contribution >= 4 is 44.3 Å². The number of aromatic nitrogens is 4. The molecule has 37 heavy (non-hydrogen) atoms. The van der Waals surface area contributed by atoms with E-state index in [0.29, 0.717) is 32.1 Å². The second-order valence-electron chi connectivity index (χ2n) is 9.72. The first-order valence-corrected chi connectivity index (χ1v) is 13.5. The van der Waals surface area contributed by atoms with E-state index in [4.69, 9.17) is 14.7 Å². The monoisotopic (exact) mass is 521 g/mol. The van der Waals surface area contributed by atoms with Crippen molar-refractivity contribution in [2.24, 2.45) is 0 Å². The van der Waals surface area contributed by atoms with Crippen molar-refractivity contribution in [2.45, 2.75) is 26.5 Å². The molecular formula is C26H31N7O3S. The Morgan fingerprint density at radius 2 is 1.97 bits per heavy atom. The second kappa shape index (κ2) is 9.97. The van der Waals surface area contributed by atoms with Crippen LogP contribution in [0.25, 0.3) is 32.6 Å². The molecule has 2 N–H and O–H groups in total. The Hall–Kier alpha value is -3.12. The van der Waals surface area contributed by atoms with Crippen LogP contribution in [-0.2, 0) is 16.1 Å². The predicted molar refractivity (Wildman–Crippen MR) is 144 cm³/mol. The quantitative estimate of drug-likeness (QED) is 0.412. The largest absolute Gasteiger partial charge is 0.384 e. The molecule has 2 aliphatic heterocycles. The van der Waals surface area contributed by atoms with Crippen LogP contribution >= 0.6 is 11.3 Å². The summed E-state index contributed by atoms with van der Waals surface area (Å²) in [6.45, 7) is 10.3. The third-order valence-electron chi connectivity index (χ3n) is 7.22. The van der Waals surface area contributed by atoms with Gasteiger partial charge in [-0.15, -0.1) is 11.3 Å². The topological polar surface area (TPSA) is 111 Å². The van der Waals surface area contributed by atoms with Crippen molar-refractivity contribution in [2.75, 3.05) is 57.4 Å². The molecule has 0 unspecified atom stereocenters. The first-order valence-electron chi connectivity index (χ1n) is 12.7. The molecule has 0 spiro atoms. The van der Waals surface area contributed by atoms with Crippen molar-refractivity contribution in [3.8, 4) is 11.4 Å². The zero-order valence-electron chi connectivity index (χ0n) is 21.1. The summed E-state index contributed by atoms with van der Waals surface area (Å²) in [5.41, 5.74) is 3.91. The highest BCUT2D eigenvalue weighted by molar-refractivity contribution is 7.19. The van der Waals surface area contributed by atoms with Gasteiger partial charge in [-0.25, -0.2) is 15.0 Å². The van der Waals surface area contributed by atoms with Crippen molar-refractivity contribution in [1.29, 1.82) is 0 Å². The van der Waals surface area contributed by atoms with E-state index in [2.05, 4.69) is 32.8 Å². The standard InChI is InChI=1S/C26H31N7O3S/c1-16-20(15-31-5-7-33(8-6-31)26(35)17(2)34)37-22-21(16)29-24(30-25(22)32-9-11-36-12-10-32)19-13-18-3-4-27-23(18)28-14-19/h3-4,13-14,17,34H,5-12,15H2,1-2H3,(H,27,28)/t17-/m0/s1. The van der Waals surface area contributed by atoms with E-state index in [-0.39, 0.29) is 5.91 Å². The molecule has 1 amide bonds. The predicted octanol–water partition coefficient (Wildman–Crippen LogP) is 2.40. The highest BCUT2D eigenvalue weighted by Gasteiger charge is 2.26. The maximum absolute atomic E-state index is 12.2. The van der Waals surface area contributed by atoms with Gasteiger partial charge in [-0.3, -0.25) is 9.69 Å². The molecule has 2 aliphatic rings. The Labute approximate surface area is 218 Å². The minimum Gasteiger partial charge on any atom is -0.384 e. The molecule has 0 bridgehead atoms. The van der Waals surface area contributed by atoms with E-state index in [9.17, 15) is 9.90 Å². The van der Waals surface area contributed by atoms with Crippen molar-refractivity contribution in [3.05, 3.63) is 35.0 Å². The van der Waals surface area contributed by atoms with E-state index >= 15 is 0 Å². The van der Waals surface area contributed by atoms with Crippen LogP contribution in [0.1, 0.15) is 17.4 Å². The summed E-state index contributed by atoms with van der Waals surface area (Å²) in [6.07, 6.45) is 2.77. The number of piperazine rings is 1. The number of aliphatic hydroxyl groups is 1. The lowest BCUT2D eigenvalue weighted by atomic mass is 10.2. The number of aryl methyl sites for hydroxylation is 1. The number of fused-ring (bicyclic) bond motifs is 2. The first kappa shape index (κ1) is 24.2. The highest BCUT2D eigenvalue weighted by Crippen LogP contribution is 2.38. The number of carbonyl (C=O) groups is 1. The summed E-state index contributed by atoms with van der Waals surface area (Å²) < 4.78 is 6.72. The van der Waals surface area contributed by atoms with Crippen LogP contribution in [0.2, 0.25) is 0 Å². The fourth-order valence-electron chi connectivity index (χ4n) is 5.04. The second-order valence-corrected chi connectivity index (χ2v) is 10.8. The Bertz CT molecular complexity index is 1430. The molecule has 0 aliphatic carbocycles. The summed E-state index contributed by atoms with van der Waals surface area (Å²) in [7, 11) is 0. The molecule has 0 radical (unpaired) electrons. The van der Waals surface area contributed by atoms with Gasteiger partial charge in [0, 0.05) is 74.0 Å². The highest BCUT2D eigenvalue weighted by atomic mass is 32.1. The zero-order chi connectivity index (χ0) is 25.5. The van der Waals surface area contributed by atoms with Gasteiger partial charge in [0.15, 0.2) is 11.6 Å². The third kappa shape index (κ3) is 4.68. The van der Waals surface area contributed by atoms with E-state index in [1.807, 2.05) is 18.5 Å². The Balaban J connectivity index is 1.34. The number of aliphatic hydroxyl groups excluding tert-OH is 1. The van der Waals surface area contributed by atoms with Gasteiger partial charge < -0.3 is 24.6 Å². The van der Waals surface area contributed by atoms with Crippen LogP contribution in [-0.4, -0.2) is 99.3 Å². The summed E-state index contributed by atoms with van der Waals surface area (Å²) in [5, 5.41) is 10.7. The number of amides is 1.